The highest BCUT2D eigenvalue weighted by Gasteiger charge is 2.77. The first-order valence-corrected chi connectivity index (χ1v) is 10.1. The van der Waals surface area contributed by atoms with Gasteiger partial charge in [0.15, 0.2) is 17.1 Å². The molecule has 4 rings (SSSR count). The molecule has 0 saturated heterocycles. The standard InChI is InChI=1S/C22H28F2O5/c1-11-7-13-14-9-16(23)15-8-12(25)5-6-19(15,2)21(14,24)17(26)10-20(13,3)22(11,28)18(27)29-4/h5-6,8,11,13-14,16-17,26,28H,7,9-10H2,1-4H3. The molecule has 4 aliphatic carbocycles. The van der Waals surface area contributed by atoms with Crippen LogP contribution in [-0.2, 0) is 14.3 Å². The van der Waals surface area contributed by atoms with Gasteiger partial charge in [0, 0.05) is 16.7 Å². The largest absolute Gasteiger partial charge is 0.467 e. The number of aliphatic hydroxyl groups excluding tert-OH is 1. The summed E-state index contributed by atoms with van der Waals surface area (Å²) >= 11 is 0. The smallest absolute Gasteiger partial charge is 0.338 e. The highest BCUT2D eigenvalue weighted by Crippen LogP contribution is 2.70. The number of hydrogen-bond acceptors (Lipinski definition) is 5. The van der Waals surface area contributed by atoms with Crippen LogP contribution in [0.4, 0.5) is 8.78 Å². The van der Waals surface area contributed by atoms with E-state index >= 15 is 8.78 Å². The van der Waals surface area contributed by atoms with E-state index in [1.807, 2.05) is 0 Å². The fourth-order valence-electron chi connectivity index (χ4n) is 7.13. The van der Waals surface area contributed by atoms with Gasteiger partial charge in [-0.1, -0.05) is 19.9 Å². The average molecular weight is 410 g/mol. The van der Waals surface area contributed by atoms with E-state index in [9.17, 15) is 19.8 Å². The number of hydrogen-bond donors (Lipinski definition) is 2. The number of rotatable bonds is 1. The first kappa shape index (κ1) is 20.7. The second kappa shape index (κ2) is 5.97. The SMILES string of the molecule is COC(=O)C1(O)C(C)CC2C3CC(F)C4=CC(=O)C=CC4(C)C3(F)C(O)CC21C. The van der Waals surface area contributed by atoms with E-state index in [1.54, 1.807) is 13.8 Å². The molecule has 160 valence electrons. The van der Waals surface area contributed by atoms with Gasteiger partial charge in [0.25, 0.3) is 0 Å². The lowest BCUT2D eigenvalue weighted by molar-refractivity contribution is -0.230. The van der Waals surface area contributed by atoms with Crippen molar-refractivity contribution in [1.29, 1.82) is 0 Å². The van der Waals surface area contributed by atoms with Crippen LogP contribution in [0.15, 0.2) is 23.8 Å². The number of carbonyl (C=O) groups is 2. The number of esters is 1. The van der Waals surface area contributed by atoms with E-state index in [-0.39, 0.29) is 18.4 Å². The number of carbonyl (C=O) groups excluding carboxylic acids is 2. The molecule has 3 fully saturated rings. The van der Waals surface area contributed by atoms with Crippen molar-refractivity contribution in [2.45, 2.75) is 63.6 Å². The van der Waals surface area contributed by atoms with Gasteiger partial charge in [-0.15, -0.1) is 0 Å². The third-order valence-electron chi connectivity index (χ3n) is 8.71. The normalized spacial score (nSPS) is 53.6. The van der Waals surface area contributed by atoms with Gasteiger partial charge in [-0.05, 0) is 55.7 Å². The summed E-state index contributed by atoms with van der Waals surface area (Å²) in [5, 5.41) is 22.5. The summed E-state index contributed by atoms with van der Waals surface area (Å²) in [4.78, 5) is 24.4. The van der Waals surface area contributed by atoms with Gasteiger partial charge < -0.3 is 14.9 Å². The molecule has 0 aliphatic heterocycles. The number of allylic oxidation sites excluding steroid dienone is 4. The van der Waals surface area contributed by atoms with Crippen molar-refractivity contribution in [3.05, 3.63) is 23.8 Å². The third-order valence-corrected chi connectivity index (χ3v) is 8.71. The lowest BCUT2D eigenvalue weighted by atomic mass is 9.44. The number of fused-ring (bicyclic) bond motifs is 5. The lowest BCUT2D eigenvalue weighted by Gasteiger charge is -2.62. The molecular formula is C22H28F2O5. The van der Waals surface area contributed by atoms with Crippen LogP contribution in [-0.4, -0.2) is 52.6 Å². The molecule has 0 aromatic heterocycles. The summed E-state index contributed by atoms with van der Waals surface area (Å²) in [6.45, 7) is 4.90. The van der Waals surface area contributed by atoms with Gasteiger partial charge in [0.2, 0.25) is 0 Å². The van der Waals surface area contributed by atoms with Crippen LogP contribution >= 0.6 is 0 Å². The molecule has 0 bridgehead atoms. The molecule has 0 heterocycles. The van der Waals surface area contributed by atoms with Crippen molar-refractivity contribution in [3.63, 3.8) is 0 Å². The molecule has 4 aliphatic rings. The Kier molecular flexibility index (Phi) is 4.26. The van der Waals surface area contributed by atoms with Gasteiger partial charge >= 0.3 is 5.97 Å². The second-order valence-corrected chi connectivity index (χ2v) is 9.75. The number of aliphatic hydroxyl groups is 2. The molecule has 5 nitrogen and oxygen atoms in total. The predicted molar refractivity (Wildman–Crippen MR) is 100 cm³/mol. The van der Waals surface area contributed by atoms with Gasteiger partial charge in [0.1, 0.15) is 6.17 Å². The van der Waals surface area contributed by atoms with Gasteiger partial charge in [-0.2, -0.15) is 0 Å². The Morgan fingerprint density at radius 3 is 2.55 bits per heavy atom. The minimum Gasteiger partial charge on any atom is -0.467 e. The first-order chi connectivity index (χ1) is 13.4. The molecule has 9 unspecified atom stereocenters. The number of ether oxygens (including phenoxy) is 1. The zero-order valence-electron chi connectivity index (χ0n) is 17.1. The number of methoxy groups -OCH3 is 1. The van der Waals surface area contributed by atoms with Crippen molar-refractivity contribution >= 4 is 11.8 Å². The predicted octanol–water partition coefficient (Wildman–Crippen LogP) is 2.46. The quantitative estimate of drug-likeness (QED) is 0.649. The Morgan fingerprint density at radius 1 is 1.28 bits per heavy atom. The first-order valence-electron chi connectivity index (χ1n) is 10.1. The van der Waals surface area contributed by atoms with Crippen LogP contribution in [0, 0.1) is 28.6 Å². The van der Waals surface area contributed by atoms with E-state index in [2.05, 4.69) is 0 Å². The van der Waals surface area contributed by atoms with E-state index in [0.29, 0.717) is 6.42 Å². The fraction of sp³-hybridized carbons (Fsp3) is 0.727. The summed E-state index contributed by atoms with van der Waals surface area (Å²) in [6, 6.07) is 0. The topological polar surface area (TPSA) is 83.8 Å². The van der Waals surface area contributed by atoms with E-state index < -0.39 is 63.9 Å². The highest BCUT2D eigenvalue weighted by molar-refractivity contribution is 6.01. The van der Waals surface area contributed by atoms with Crippen LogP contribution in [0.25, 0.3) is 0 Å². The highest BCUT2D eigenvalue weighted by atomic mass is 19.1. The maximum Gasteiger partial charge on any atom is 0.338 e. The molecular weight excluding hydrogens is 382 g/mol. The molecule has 0 radical (unpaired) electrons. The summed E-state index contributed by atoms with van der Waals surface area (Å²) < 4.78 is 37.0. The summed E-state index contributed by atoms with van der Waals surface area (Å²) in [5.74, 6) is -3.20. The second-order valence-electron chi connectivity index (χ2n) is 9.75. The monoisotopic (exact) mass is 410 g/mol. The molecule has 0 aromatic carbocycles. The zero-order chi connectivity index (χ0) is 21.6. The molecule has 2 N–H and O–H groups in total. The Bertz CT molecular complexity index is 839. The van der Waals surface area contributed by atoms with Gasteiger partial charge in [-0.25, -0.2) is 13.6 Å². The van der Waals surface area contributed by atoms with Crippen molar-refractivity contribution in [2.24, 2.45) is 28.6 Å². The average Bonchev–Trinajstić information content (AvgIpc) is 2.86. The van der Waals surface area contributed by atoms with E-state index in [0.717, 1.165) is 6.08 Å². The minimum atomic E-state index is -2.22. The zero-order valence-corrected chi connectivity index (χ0v) is 17.1. The summed E-state index contributed by atoms with van der Waals surface area (Å²) in [6.07, 6.45) is 0.597. The number of halogens is 2. The van der Waals surface area contributed by atoms with Crippen LogP contribution in [0.2, 0.25) is 0 Å². The Morgan fingerprint density at radius 2 is 1.93 bits per heavy atom. The third kappa shape index (κ3) is 2.16. The van der Waals surface area contributed by atoms with Crippen molar-refractivity contribution < 1.29 is 33.3 Å². The van der Waals surface area contributed by atoms with E-state index in [1.165, 1.54) is 26.2 Å². The van der Waals surface area contributed by atoms with Crippen LogP contribution in [0.5, 0.6) is 0 Å². The molecule has 0 amide bonds. The van der Waals surface area contributed by atoms with Crippen LogP contribution in [0.3, 0.4) is 0 Å². The maximum absolute atomic E-state index is 16.9. The van der Waals surface area contributed by atoms with Crippen molar-refractivity contribution in [2.75, 3.05) is 7.11 Å². The Hall–Kier alpha value is -1.60. The number of ketones is 1. The Balaban J connectivity index is 1.87. The van der Waals surface area contributed by atoms with Crippen molar-refractivity contribution in [3.8, 4) is 0 Å². The molecule has 29 heavy (non-hydrogen) atoms. The van der Waals surface area contributed by atoms with Crippen LogP contribution in [0.1, 0.15) is 40.0 Å². The Labute approximate surface area is 168 Å². The molecule has 0 aromatic rings. The summed E-state index contributed by atoms with van der Waals surface area (Å²) in [5.41, 5.74) is -6.69. The van der Waals surface area contributed by atoms with E-state index in [4.69, 9.17) is 4.74 Å². The number of alkyl halides is 2. The summed E-state index contributed by atoms with van der Waals surface area (Å²) in [7, 11) is 1.18. The van der Waals surface area contributed by atoms with Crippen molar-refractivity contribution in [1.82, 2.24) is 0 Å². The fourth-order valence-corrected chi connectivity index (χ4v) is 7.13. The molecule has 3 saturated carbocycles. The maximum atomic E-state index is 16.9. The van der Waals surface area contributed by atoms with Gasteiger partial charge in [-0.3, -0.25) is 4.79 Å². The minimum absolute atomic E-state index is 0.0562. The van der Waals surface area contributed by atoms with Gasteiger partial charge in [0.05, 0.1) is 13.2 Å². The molecule has 9 atom stereocenters. The van der Waals surface area contributed by atoms with Crippen LogP contribution < -0.4 is 0 Å². The molecule has 7 heteroatoms. The lowest BCUT2D eigenvalue weighted by Crippen LogP contribution is -2.70. The molecule has 0 spiro atoms.